The third kappa shape index (κ3) is 10.2. The second kappa shape index (κ2) is 13.8. The molecule has 0 saturated heterocycles. The van der Waals surface area contributed by atoms with Gasteiger partial charge in [-0.2, -0.15) is 0 Å². The Morgan fingerprint density at radius 2 is 1.67 bits per heavy atom. The van der Waals surface area contributed by atoms with Crippen LogP contribution in [-0.4, -0.2) is 19.2 Å². The summed E-state index contributed by atoms with van der Waals surface area (Å²) in [7, 11) is 0. The fraction of sp³-hybridized carbons (Fsp3) is 0.571. The van der Waals surface area contributed by atoms with Crippen molar-refractivity contribution in [3.05, 3.63) is 47.5 Å². The van der Waals surface area contributed by atoms with Crippen molar-refractivity contribution in [1.82, 2.24) is 0 Å². The van der Waals surface area contributed by atoms with E-state index >= 15 is 0 Å². The van der Waals surface area contributed by atoms with Crippen LogP contribution in [0.5, 0.6) is 0 Å². The van der Waals surface area contributed by atoms with Gasteiger partial charge < -0.3 is 9.47 Å². The molecule has 24 heavy (non-hydrogen) atoms. The molecule has 0 heterocycles. The van der Waals surface area contributed by atoms with Gasteiger partial charge in [0.25, 0.3) is 0 Å². The van der Waals surface area contributed by atoms with Gasteiger partial charge in [-0.1, -0.05) is 62.1 Å². The SMILES string of the molecule is CCOC(=O)/C(C)=C/CCCCCCCCOCc1ccccc1. The third-order valence-corrected chi connectivity index (χ3v) is 3.90. The fourth-order valence-corrected chi connectivity index (χ4v) is 2.47. The van der Waals surface area contributed by atoms with Crippen molar-refractivity contribution < 1.29 is 14.3 Å². The molecule has 0 atom stereocenters. The average molecular weight is 332 g/mol. The van der Waals surface area contributed by atoms with Crippen LogP contribution in [0.15, 0.2) is 42.0 Å². The predicted molar refractivity (Wildman–Crippen MR) is 98.8 cm³/mol. The topological polar surface area (TPSA) is 35.5 Å². The molecule has 0 aromatic heterocycles. The van der Waals surface area contributed by atoms with Crippen molar-refractivity contribution in [2.24, 2.45) is 0 Å². The lowest BCUT2D eigenvalue weighted by Gasteiger charge is -2.04. The first kappa shape index (κ1) is 20.4. The lowest BCUT2D eigenvalue weighted by Crippen LogP contribution is -2.04. The first-order valence-corrected chi connectivity index (χ1v) is 9.19. The Labute approximate surface area is 147 Å². The predicted octanol–water partition coefficient (Wildman–Crippen LogP) is 5.44. The van der Waals surface area contributed by atoms with Crippen LogP contribution in [-0.2, 0) is 20.9 Å². The molecule has 134 valence electrons. The number of benzene rings is 1. The minimum atomic E-state index is -0.187. The molecule has 0 bridgehead atoms. The number of carbonyl (C=O) groups is 1. The Kier molecular flexibility index (Phi) is 11.7. The van der Waals surface area contributed by atoms with Gasteiger partial charge >= 0.3 is 5.97 Å². The molecule has 1 aromatic rings. The van der Waals surface area contributed by atoms with E-state index in [9.17, 15) is 4.79 Å². The number of esters is 1. The molecule has 0 radical (unpaired) electrons. The summed E-state index contributed by atoms with van der Waals surface area (Å²) in [5, 5.41) is 0. The van der Waals surface area contributed by atoms with Gasteiger partial charge in [0, 0.05) is 12.2 Å². The first-order chi connectivity index (χ1) is 11.7. The van der Waals surface area contributed by atoms with Crippen molar-refractivity contribution >= 4 is 5.97 Å². The van der Waals surface area contributed by atoms with Gasteiger partial charge in [0.05, 0.1) is 13.2 Å². The molecule has 0 amide bonds. The minimum Gasteiger partial charge on any atom is -0.463 e. The van der Waals surface area contributed by atoms with Crippen LogP contribution in [0, 0.1) is 0 Å². The number of hydrogen-bond donors (Lipinski definition) is 0. The summed E-state index contributed by atoms with van der Waals surface area (Å²) >= 11 is 0. The van der Waals surface area contributed by atoms with Crippen LogP contribution in [0.2, 0.25) is 0 Å². The van der Waals surface area contributed by atoms with E-state index in [1.54, 1.807) is 0 Å². The van der Waals surface area contributed by atoms with Crippen LogP contribution in [0.25, 0.3) is 0 Å². The standard InChI is InChI=1S/C21H32O3/c1-3-24-21(22)19(2)14-10-7-5-4-6-8-13-17-23-18-20-15-11-9-12-16-20/h9,11-12,14-16H,3-8,10,13,17-18H2,1-2H3/b19-14+. The molecule has 0 aliphatic heterocycles. The molecular formula is C21H32O3. The molecule has 0 N–H and O–H groups in total. The fourth-order valence-electron chi connectivity index (χ4n) is 2.47. The van der Waals surface area contributed by atoms with E-state index in [-0.39, 0.29) is 5.97 Å². The van der Waals surface area contributed by atoms with Crippen LogP contribution in [0.1, 0.15) is 64.4 Å². The Bertz CT molecular complexity index is 465. The molecule has 1 aromatic carbocycles. The molecular weight excluding hydrogens is 300 g/mol. The molecule has 3 nitrogen and oxygen atoms in total. The second-order valence-electron chi connectivity index (χ2n) is 6.06. The maximum absolute atomic E-state index is 11.4. The van der Waals surface area contributed by atoms with Gasteiger partial charge in [-0.05, 0) is 38.7 Å². The summed E-state index contributed by atoms with van der Waals surface area (Å²) in [6, 6.07) is 10.3. The van der Waals surface area contributed by atoms with Crippen LogP contribution >= 0.6 is 0 Å². The van der Waals surface area contributed by atoms with E-state index < -0.39 is 0 Å². The van der Waals surface area contributed by atoms with E-state index in [0.29, 0.717) is 13.2 Å². The molecule has 1 rings (SSSR count). The van der Waals surface area contributed by atoms with E-state index in [2.05, 4.69) is 12.1 Å². The number of carbonyl (C=O) groups excluding carboxylic acids is 1. The second-order valence-corrected chi connectivity index (χ2v) is 6.06. The van der Waals surface area contributed by atoms with Crippen molar-refractivity contribution in [1.29, 1.82) is 0 Å². The Morgan fingerprint density at radius 3 is 2.38 bits per heavy atom. The molecule has 0 unspecified atom stereocenters. The highest BCUT2D eigenvalue weighted by molar-refractivity contribution is 5.87. The number of hydrogen-bond acceptors (Lipinski definition) is 3. The van der Waals surface area contributed by atoms with Crippen LogP contribution < -0.4 is 0 Å². The molecule has 0 aliphatic carbocycles. The van der Waals surface area contributed by atoms with Crippen molar-refractivity contribution in [3.8, 4) is 0 Å². The summed E-state index contributed by atoms with van der Waals surface area (Å²) in [5.41, 5.74) is 1.97. The lowest BCUT2D eigenvalue weighted by molar-refractivity contribution is -0.138. The number of allylic oxidation sites excluding steroid dienone is 1. The number of ether oxygens (including phenoxy) is 2. The minimum absolute atomic E-state index is 0.187. The highest BCUT2D eigenvalue weighted by atomic mass is 16.5. The zero-order valence-corrected chi connectivity index (χ0v) is 15.3. The van der Waals surface area contributed by atoms with Gasteiger partial charge in [0.15, 0.2) is 0 Å². The summed E-state index contributed by atoms with van der Waals surface area (Å²) in [6.45, 7) is 5.66. The molecule has 0 fully saturated rings. The largest absolute Gasteiger partial charge is 0.463 e. The lowest BCUT2D eigenvalue weighted by atomic mass is 10.1. The highest BCUT2D eigenvalue weighted by Gasteiger charge is 2.02. The van der Waals surface area contributed by atoms with Crippen LogP contribution in [0.3, 0.4) is 0 Å². The van der Waals surface area contributed by atoms with Gasteiger partial charge in [-0.3, -0.25) is 0 Å². The Hall–Kier alpha value is -1.61. The van der Waals surface area contributed by atoms with Gasteiger partial charge in [0.2, 0.25) is 0 Å². The molecule has 3 heteroatoms. The zero-order chi connectivity index (χ0) is 17.5. The Balaban J connectivity index is 1.88. The summed E-state index contributed by atoms with van der Waals surface area (Å²) < 4.78 is 10.6. The molecule has 0 aliphatic rings. The normalized spacial score (nSPS) is 11.5. The van der Waals surface area contributed by atoms with Crippen LogP contribution in [0.4, 0.5) is 0 Å². The summed E-state index contributed by atoms with van der Waals surface area (Å²) in [4.78, 5) is 11.4. The van der Waals surface area contributed by atoms with E-state index in [0.717, 1.165) is 31.4 Å². The quantitative estimate of drug-likeness (QED) is 0.274. The van der Waals surface area contributed by atoms with Crippen molar-refractivity contribution in [2.45, 2.75) is 65.4 Å². The maximum atomic E-state index is 11.4. The van der Waals surface area contributed by atoms with Gasteiger partial charge in [0.1, 0.15) is 0 Å². The van der Waals surface area contributed by atoms with E-state index in [1.165, 1.54) is 31.2 Å². The molecule has 0 spiro atoms. The summed E-state index contributed by atoms with van der Waals surface area (Å²) in [6.07, 6.45) is 10.2. The van der Waals surface area contributed by atoms with E-state index in [1.807, 2.05) is 38.1 Å². The first-order valence-electron chi connectivity index (χ1n) is 9.19. The van der Waals surface area contributed by atoms with Gasteiger partial charge in [-0.15, -0.1) is 0 Å². The third-order valence-electron chi connectivity index (χ3n) is 3.90. The maximum Gasteiger partial charge on any atom is 0.333 e. The summed E-state index contributed by atoms with van der Waals surface area (Å²) in [5.74, 6) is -0.187. The van der Waals surface area contributed by atoms with E-state index in [4.69, 9.17) is 9.47 Å². The number of unbranched alkanes of at least 4 members (excludes halogenated alkanes) is 6. The van der Waals surface area contributed by atoms with Crippen molar-refractivity contribution in [3.63, 3.8) is 0 Å². The zero-order valence-electron chi connectivity index (χ0n) is 15.3. The number of rotatable bonds is 13. The Morgan fingerprint density at radius 1 is 1.00 bits per heavy atom. The average Bonchev–Trinajstić information content (AvgIpc) is 2.60. The van der Waals surface area contributed by atoms with Crippen molar-refractivity contribution in [2.75, 3.05) is 13.2 Å². The molecule has 0 saturated carbocycles. The van der Waals surface area contributed by atoms with Gasteiger partial charge in [-0.25, -0.2) is 4.79 Å². The monoisotopic (exact) mass is 332 g/mol. The highest BCUT2D eigenvalue weighted by Crippen LogP contribution is 2.10. The smallest absolute Gasteiger partial charge is 0.333 e.